The highest BCUT2D eigenvalue weighted by Gasteiger charge is 2.12. The van der Waals surface area contributed by atoms with E-state index in [1.807, 2.05) is 14.0 Å². The maximum atomic E-state index is 11.1. The number of rotatable bonds is 4. The number of carbonyl (C=O) groups is 1. The maximum Gasteiger partial charge on any atom is 0.335 e. The summed E-state index contributed by atoms with van der Waals surface area (Å²) < 4.78 is 2.10. The molecule has 0 unspecified atom stereocenters. The number of hydrogen-bond donors (Lipinski definition) is 1. The van der Waals surface area contributed by atoms with Crippen LogP contribution in [0.1, 0.15) is 41.3 Å². The Morgan fingerprint density at radius 2 is 2.11 bits per heavy atom. The van der Waals surface area contributed by atoms with Gasteiger partial charge >= 0.3 is 5.97 Å². The monoisotopic (exact) mass is 245 g/mol. The Morgan fingerprint density at radius 1 is 1.39 bits per heavy atom. The molecule has 1 heterocycles. The minimum absolute atomic E-state index is 0.379. The number of unbranched alkanes of at least 4 members (excludes halogenated alkanes) is 1. The van der Waals surface area contributed by atoms with Gasteiger partial charge in [-0.05, 0) is 43.0 Å². The molecule has 0 amide bonds. The normalized spacial score (nSPS) is 11.1. The van der Waals surface area contributed by atoms with E-state index < -0.39 is 5.97 Å². The van der Waals surface area contributed by atoms with Crippen LogP contribution in [0.25, 0.3) is 10.9 Å². The second-order valence-corrected chi connectivity index (χ2v) is 4.86. The van der Waals surface area contributed by atoms with Crippen LogP contribution in [-0.2, 0) is 13.5 Å². The summed E-state index contributed by atoms with van der Waals surface area (Å²) in [4.78, 5) is 11.1. The largest absolute Gasteiger partial charge is 0.478 e. The molecule has 3 nitrogen and oxygen atoms in total. The number of aryl methyl sites for hydroxylation is 3. The van der Waals surface area contributed by atoms with Crippen LogP contribution in [0.4, 0.5) is 0 Å². The average molecular weight is 245 g/mol. The Morgan fingerprint density at radius 3 is 2.72 bits per heavy atom. The summed E-state index contributed by atoms with van der Waals surface area (Å²) in [7, 11) is 2.02. The van der Waals surface area contributed by atoms with Gasteiger partial charge in [0.15, 0.2) is 0 Å². The molecule has 0 fully saturated rings. The first kappa shape index (κ1) is 12.7. The van der Waals surface area contributed by atoms with E-state index in [2.05, 4.69) is 17.7 Å². The lowest BCUT2D eigenvalue weighted by Gasteiger charge is -2.04. The van der Waals surface area contributed by atoms with Crippen molar-refractivity contribution in [2.24, 2.45) is 7.05 Å². The standard InChI is InChI=1S/C15H19NO2/c1-4-5-6-11-9-16(3)14-10(2)7-12(15(17)18)8-13(11)14/h7-9H,4-6H2,1-3H3,(H,17,18). The van der Waals surface area contributed by atoms with E-state index in [4.69, 9.17) is 5.11 Å². The van der Waals surface area contributed by atoms with E-state index in [1.165, 1.54) is 5.56 Å². The van der Waals surface area contributed by atoms with Crippen molar-refractivity contribution in [3.05, 3.63) is 35.0 Å². The van der Waals surface area contributed by atoms with Gasteiger partial charge in [-0.1, -0.05) is 13.3 Å². The Bertz CT molecular complexity index is 596. The molecule has 18 heavy (non-hydrogen) atoms. The van der Waals surface area contributed by atoms with E-state index in [0.717, 1.165) is 35.7 Å². The van der Waals surface area contributed by atoms with Gasteiger partial charge in [0.25, 0.3) is 0 Å². The molecule has 0 radical (unpaired) electrons. The Hall–Kier alpha value is -1.77. The Balaban J connectivity index is 2.63. The average Bonchev–Trinajstić information content (AvgIpc) is 2.63. The lowest BCUT2D eigenvalue weighted by atomic mass is 10.0. The molecule has 2 rings (SSSR count). The quantitative estimate of drug-likeness (QED) is 0.895. The molecule has 0 saturated heterocycles. The highest BCUT2D eigenvalue weighted by atomic mass is 16.4. The molecule has 0 aliphatic carbocycles. The van der Waals surface area contributed by atoms with Crippen LogP contribution in [0.5, 0.6) is 0 Å². The number of aromatic carboxylic acids is 1. The number of benzene rings is 1. The molecule has 0 saturated carbocycles. The first-order valence-electron chi connectivity index (χ1n) is 6.36. The fourth-order valence-electron chi connectivity index (χ4n) is 2.55. The van der Waals surface area contributed by atoms with Crippen molar-refractivity contribution in [3.63, 3.8) is 0 Å². The Kier molecular flexibility index (Phi) is 3.41. The van der Waals surface area contributed by atoms with Gasteiger partial charge in [0.1, 0.15) is 0 Å². The number of carboxylic acids is 1. The van der Waals surface area contributed by atoms with E-state index in [9.17, 15) is 4.79 Å². The van der Waals surface area contributed by atoms with Crippen molar-refractivity contribution in [2.75, 3.05) is 0 Å². The third kappa shape index (κ3) is 2.13. The van der Waals surface area contributed by atoms with Crippen LogP contribution in [0.15, 0.2) is 18.3 Å². The molecule has 0 bridgehead atoms. The summed E-state index contributed by atoms with van der Waals surface area (Å²) in [6.45, 7) is 4.14. The minimum atomic E-state index is -0.856. The van der Waals surface area contributed by atoms with Crippen molar-refractivity contribution >= 4 is 16.9 Å². The molecule has 1 aromatic heterocycles. The molecule has 0 atom stereocenters. The molecule has 1 aromatic carbocycles. The van der Waals surface area contributed by atoms with Gasteiger partial charge in [0.2, 0.25) is 0 Å². The summed E-state index contributed by atoms with van der Waals surface area (Å²) in [6, 6.07) is 3.55. The first-order valence-corrected chi connectivity index (χ1v) is 6.36. The molecular weight excluding hydrogens is 226 g/mol. The van der Waals surface area contributed by atoms with Crippen molar-refractivity contribution in [2.45, 2.75) is 33.1 Å². The zero-order valence-corrected chi connectivity index (χ0v) is 11.2. The molecule has 0 aliphatic rings. The lowest BCUT2D eigenvalue weighted by molar-refractivity contribution is 0.0697. The Labute approximate surface area is 107 Å². The highest BCUT2D eigenvalue weighted by Crippen LogP contribution is 2.26. The number of aromatic nitrogens is 1. The first-order chi connectivity index (χ1) is 8.54. The van der Waals surface area contributed by atoms with Crippen molar-refractivity contribution in [1.29, 1.82) is 0 Å². The topological polar surface area (TPSA) is 42.2 Å². The fraction of sp³-hybridized carbons (Fsp3) is 0.400. The predicted octanol–water partition coefficient (Wildman–Crippen LogP) is 3.53. The van der Waals surface area contributed by atoms with Crippen LogP contribution in [0.3, 0.4) is 0 Å². The van der Waals surface area contributed by atoms with Crippen LogP contribution in [-0.4, -0.2) is 15.6 Å². The van der Waals surface area contributed by atoms with E-state index in [1.54, 1.807) is 12.1 Å². The van der Waals surface area contributed by atoms with Crippen LogP contribution >= 0.6 is 0 Å². The summed E-state index contributed by atoms with van der Waals surface area (Å²) in [5.41, 5.74) is 3.80. The highest BCUT2D eigenvalue weighted by molar-refractivity contribution is 5.96. The van der Waals surface area contributed by atoms with Gasteiger partial charge in [-0.15, -0.1) is 0 Å². The van der Waals surface area contributed by atoms with Crippen molar-refractivity contribution < 1.29 is 9.90 Å². The van der Waals surface area contributed by atoms with E-state index in [0.29, 0.717) is 5.56 Å². The predicted molar refractivity (Wildman–Crippen MR) is 73.2 cm³/mol. The number of fused-ring (bicyclic) bond motifs is 1. The number of hydrogen-bond acceptors (Lipinski definition) is 1. The van der Waals surface area contributed by atoms with Crippen molar-refractivity contribution in [1.82, 2.24) is 4.57 Å². The van der Waals surface area contributed by atoms with E-state index >= 15 is 0 Å². The van der Waals surface area contributed by atoms with Crippen LogP contribution < -0.4 is 0 Å². The molecular formula is C15H19NO2. The summed E-state index contributed by atoms with van der Waals surface area (Å²) in [6.07, 6.45) is 5.42. The molecule has 0 spiro atoms. The van der Waals surface area contributed by atoms with Gasteiger partial charge in [-0.25, -0.2) is 4.79 Å². The lowest BCUT2D eigenvalue weighted by Crippen LogP contribution is -1.98. The van der Waals surface area contributed by atoms with Gasteiger partial charge in [-0.2, -0.15) is 0 Å². The van der Waals surface area contributed by atoms with Gasteiger partial charge in [0.05, 0.1) is 11.1 Å². The van der Waals surface area contributed by atoms with Gasteiger partial charge in [-0.3, -0.25) is 0 Å². The summed E-state index contributed by atoms with van der Waals surface area (Å²) in [5, 5.41) is 10.2. The third-order valence-corrected chi connectivity index (χ3v) is 3.40. The smallest absolute Gasteiger partial charge is 0.335 e. The van der Waals surface area contributed by atoms with Crippen molar-refractivity contribution in [3.8, 4) is 0 Å². The number of nitrogens with zero attached hydrogens (tertiary/aromatic N) is 1. The molecule has 2 aromatic rings. The zero-order valence-electron chi connectivity index (χ0n) is 11.2. The van der Waals surface area contributed by atoms with Gasteiger partial charge in [0, 0.05) is 18.6 Å². The van der Waals surface area contributed by atoms with Crippen LogP contribution in [0.2, 0.25) is 0 Å². The molecule has 96 valence electrons. The molecule has 1 N–H and O–H groups in total. The van der Waals surface area contributed by atoms with Crippen LogP contribution in [0, 0.1) is 6.92 Å². The second-order valence-electron chi connectivity index (χ2n) is 4.86. The third-order valence-electron chi connectivity index (χ3n) is 3.40. The van der Waals surface area contributed by atoms with Gasteiger partial charge < -0.3 is 9.67 Å². The molecule has 3 heteroatoms. The van der Waals surface area contributed by atoms with E-state index in [-0.39, 0.29) is 0 Å². The SMILES string of the molecule is CCCCc1cn(C)c2c(C)cc(C(=O)O)cc12. The molecule has 0 aliphatic heterocycles. The summed E-state index contributed by atoms with van der Waals surface area (Å²) in [5.74, 6) is -0.856. The maximum absolute atomic E-state index is 11.1. The minimum Gasteiger partial charge on any atom is -0.478 e. The fourth-order valence-corrected chi connectivity index (χ4v) is 2.55. The zero-order chi connectivity index (χ0) is 13.3. The second kappa shape index (κ2) is 4.84. The number of carboxylic acid groups (broad SMARTS) is 1. The summed E-state index contributed by atoms with van der Waals surface area (Å²) >= 11 is 0.